The number of carbonyl (C=O) groups excluding carboxylic acids is 1. The highest BCUT2D eigenvalue weighted by Gasteiger charge is 2.38. The van der Waals surface area contributed by atoms with Gasteiger partial charge in [0.1, 0.15) is 5.69 Å². The Hall–Kier alpha value is -2.57. The molecule has 1 aliphatic rings. The maximum atomic E-state index is 12.8. The summed E-state index contributed by atoms with van der Waals surface area (Å²) in [6.45, 7) is 0. The van der Waals surface area contributed by atoms with Crippen LogP contribution in [-0.2, 0) is 29.2 Å². The van der Waals surface area contributed by atoms with Crippen LogP contribution in [0.25, 0.3) is 0 Å². The van der Waals surface area contributed by atoms with Crippen LogP contribution >= 0.6 is 0 Å². The van der Waals surface area contributed by atoms with E-state index >= 15 is 0 Å². The van der Waals surface area contributed by atoms with Gasteiger partial charge >= 0.3 is 12.4 Å². The summed E-state index contributed by atoms with van der Waals surface area (Å²) in [6.07, 6.45) is -8.91. The summed E-state index contributed by atoms with van der Waals surface area (Å²) in [7, 11) is -2.79. The van der Waals surface area contributed by atoms with Gasteiger partial charge in [-0.05, 0) is 37.0 Å². The number of amides is 1. The van der Waals surface area contributed by atoms with Crippen LogP contribution < -0.4 is 5.32 Å². The van der Waals surface area contributed by atoms with Crippen molar-refractivity contribution in [3.63, 3.8) is 0 Å². The molecule has 1 saturated carbocycles. The average molecular weight is 469 g/mol. The first-order valence-electron chi connectivity index (χ1n) is 8.99. The monoisotopic (exact) mass is 469 g/mol. The number of hydrogen-bond donors (Lipinski definition) is 1. The van der Waals surface area contributed by atoms with Crippen molar-refractivity contribution in [2.45, 2.75) is 36.1 Å². The molecule has 1 fully saturated rings. The quantitative estimate of drug-likeness (QED) is 0.681. The molecular weight excluding hydrogens is 452 g/mol. The molecule has 0 atom stereocenters. The highest BCUT2D eigenvalue weighted by atomic mass is 32.2. The van der Waals surface area contributed by atoms with E-state index in [0.717, 1.165) is 22.9 Å². The Balaban J connectivity index is 1.58. The lowest BCUT2D eigenvalue weighted by Crippen LogP contribution is -2.46. The van der Waals surface area contributed by atoms with Crippen molar-refractivity contribution in [3.05, 3.63) is 47.3 Å². The normalized spacial score (nSPS) is 19.7. The summed E-state index contributed by atoms with van der Waals surface area (Å²) in [6, 6.07) is 3.61. The van der Waals surface area contributed by atoms with Crippen LogP contribution in [0, 0.1) is 5.92 Å². The molecule has 31 heavy (non-hydrogen) atoms. The number of alkyl halides is 6. The number of halogens is 6. The van der Waals surface area contributed by atoms with Crippen LogP contribution in [0.5, 0.6) is 0 Å². The van der Waals surface area contributed by atoms with E-state index in [0.29, 0.717) is 12.1 Å². The van der Waals surface area contributed by atoms with Crippen molar-refractivity contribution in [1.82, 2.24) is 15.1 Å². The minimum absolute atomic E-state index is 0.230. The van der Waals surface area contributed by atoms with Gasteiger partial charge in [0.2, 0.25) is 0 Å². The van der Waals surface area contributed by atoms with Gasteiger partial charge in [0.15, 0.2) is 15.5 Å². The third kappa shape index (κ3) is 5.20. The molecule has 1 N–H and O–H groups in total. The first-order chi connectivity index (χ1) is 14.2. The van der Waals surface area contributed by atoms with E-state index < -0.39 is 62.0 Å². The van der Waals surface area contributed by atoms with Gasteiger partial charge in [0.05, 0.1) is 16.2 Å². The van der Waals surface area contributed by atoms with Crippen LogP contribution in [0.3, 0.4) is 0 Å². The number of nitrogens with one attached hydrogen (secondary N) is 1. The number of hydrogen-bond acceptors (Lipinski definition) is 4. The van der Waals surface area contributed by atoms with Crippen molar-refractivity contribution >= 4 is 15.7 Å². The molecule has 1 aliphatic carbocycles. The molecule has 0 unspecified atom stereocenters. The fourth-order valence-electron chi connectivity index (χ4n) is 3.34. The largest absolute Gasteiger partial charge is 0.435 e. The van der Waals surface area contributed by atoms with Crippen molar-refractivity contribution in [2.75, 3.05) is 5.75 Å². The molecule has 6 nitrogen and oxygen atoms in total. The van der Waals surface area contributed by atoms with Gasteiger partial charge in [-0.3, -0.25) is 9.48 Å². The van der Waals surface area contributed by atoms with E-state index in [4.69, 9.17) is 0 Å². The maximum absolute atomic E-state index is 12.8. The van der Waals surface area contributed by atoms with Crippen LogP contribution in [0.2, 0.25) is 0 Å². The van der Waals surface area contributed by atoms with Gasteiger partial charge in [-0.25, -0.2) is 8.42 Å². The summed E-state index contributed by atoms with van der Waals surface area (Å²) in [5.74, 6) is -1.58. The summed E-state index contributed by atoms with van der Waals surface area (Å²) in [5, 5.41) is 5.76. The average Bonchev–Trinajstić information content (AvgIpc) is 3.01. The van der Waals surface area contributed by atoms with E-state index in [1.165, 1.54) is 7.05 Å². The lowest BCUT2D eigenvalue weighted by atomic mass is 9.81. The zero-order chi connectivity index (χ0) is 23.2. The highest BCUT2D eigenvalue weighted by Crippen LogP contribution is 2.34. The fraction of sp³-hybridized carbons (Fsp3) is 0.444. The number of aryl methyl sites for hydroxylation is 1. The molecule has 1 heterocycles. The Morgan fingerprint density at radius 1 is 1.13 bits per heavy atom. The number of rotatable bonds is 5. The second-order valence-corrected chi connectivity index (χ2v) is 9.39. The number of benzene rings is 1. The predicted molar refractivity (Wildman–Crippen MR) is 95.7 cm³/mol. The van der Waals surface area contributed by atoms with E-state index in [1.54, 1.807) is 0 Å². The summed E-state index contributed by atoms with van der Waals surface area (Å²) >= 11 is 0. The molecule has 0 aliphatic heterocycles. The van der Waals surface area contributed by atoms with Gasteiger partial charge in [0.25, 0.3) is 5.91 Å². The van der Waals surface area contributed by atoms with Crippen molar-refractivity contribution in [3.8, 4) is 0 Å². The molecule has 0 radical (unpaired) electrons. The smallest absolute Gasteiger partial charge is 0.348 e. The molecule has 170 valence electrons. The minimum Gasteiger partial charge on any atom is -0.348 e. The van der Waals surface area contributed by atoms with Crippen molar-refractivity contribution in [2.24, 2.45) is 13.0 Å². The van der Waals surface area contributed by atoms with Gasteiger partial charge in [-0.1, -0.05) is 6.07 Å². The van der Waals surface area contributed by atoms with Gasteiger partial charge in [0, 0.05) is 19.2 Å². The SMILES string of the molecule is Cn1nc(C(F)(F)F)cc1C(=O)NC1CC(CS(=O)(=O)c2cccc(C(F)(F)F)c2)C1. The zero-order valence-electron chi connectivity index (χ0n) is 16.0. The second-order valence-electron chi connectivity index (χ2n) is 7.35. The Morgan fingerprint density at radius 3 is 2.32 bits per heavy atom. The third-order valence-corrected chi connectivity index (χ3v) is 6.83. The highest BCUT2D eigenvalue weighted by molar-refractivity contribution is 7.91. The van der Waals surface area contributed by atoms with Crippen LogP contribution in [-0.4, -0.2) is 35.9 Å². The molecule has 13 heteroatoms. The number of sulfone groups is 1. The molecule has 1 amide bonds. The molecule has 3 rings (SSSR count). The third-order valence-electron chi connectivity index (χ3n) is 4.95. The predicted octanol–water partition coefficient (Wildman–Crippen LogP) is 3.44. The number of aromatic nitrogens is 2. The molecule has 0 spiro atoms. The van der Waals surface area contributed by atoms with Crippen LogP contribution in [0.4, 0.5) is 26.3 Å². The van der Waals surface area contributed by atoms with E-state index in [9.17, 15) is 39.6 Å². The molecular formula is C18H17F6N3O3S. The first-order valence-corrected chi connectivity index (χ1v) is 10.6. The van der Waals surface area contributed by atoms with Crippen LogP contribution in [0.1, 0.15) is 34.6 Å². The molecule has 1 aromatic carbocycles. The number of nitrogens with zero attached hydrogens (tertiary/aromatic N) is 2. The van der Waals surface area contributed by atoms with E-state index in [2.05, 4.69) is 10.4 Å². The zero-order valence-corrected chi connectivity index (χ0v) is 16.8. The Labute approximate surface area is 173 Å². The van der Waals surface area contributed by atoms with Crippen molar-refractivity contribution in [1.29, 1.82) is 0 Å². The first kappa shape index (κ1) is 23.1. The summed E-state index contributed by atoms with van der Waals surface area (Å²) < 4.78 is 102. The van der Waals surface area contributed by atoms with E-state index in [1.807, 2.05) is 0 Å². The summed E-state index contributed by atoms with van der Waals surface area (Å²) in [4.78, 5) is 11.7. The Morgan fingerprint density at radius 2 is 1.77 bits per heavy atom. The molecule has 1 aromatic heterocycles. The minimum atomic E-state index is -4.70. The fourth-order valence-corrected chi connectivity index (χ4v) is 5.02. The Kier molecular flexibility index (Phi) is 5.84. The van der Waals surface area contributed by atoms with Gasteiger partial charge < -0.3 is 5.32 Å². The summed E-state index contributed by atoms with van der Waals surface area (Å²) in [5.41, 5.74) is -2.58. The van der Waals surface area contributed by atoms with Crippen LogP contribution in [0.15, 0.2) is 35.2 Å². The standard InChI is InChI=1S/C18H17F6N3O3S/c1-27-14(8-15(26-27)18(22,23)24)16(28)25-12-5-10(6-12)9-31(29,30)13-4-2-3-11(7-13)17(19,20)21/h2-4,7-8,10,12H,5-6,9H2,1H3,(H,25,28). The number of carbonyl (C=O) groups is 1. The van der Waals surface area contributed by atoms with Crippen molar-refractivity contribution < 1.29 is 39.6 Å². The van der Waals surface area contributed by atoms with Gasteiger partial charge in [-0.15, -0.1) is 0 Å². The van der Waals surface area contributed by atoms with Gasteiger partial charge in [-0.2, -0.15) is 31.4 Å². The Bertz CT molecular complexity index is 1090. The lowest BCUT2D eigenvalue weighted by Gasteiger charge is -2.35. The lowest BCUT2D eigenvalue weighted by molar-refractivity contribution is -0.141. The topological polar surface area (TPSA) is 81.1 Å². The maximum Gasteiger partial charge on any atom is 0.435 e. The molecule has 0 bridgehead atoms. The molecule has 2 aromatic rings. The van der Waals surface area contributed by atoms with E-state index in [-0.39, 0.29) is 18.5 Å². The second kappa shape index (κ2) is 7.84. The molecule has 0 saturated heterocycles.